The van der Waals surface area contributed by atoms with Gasteiger partial charge in [0.05, 0.1) is 13.7 Å². The molecule has 2 heterocycles. The van der Waals surface area contributed by atoms with Gasteiger partial charge in [-0.1, -0.05) is 12.1 Å². The molecule has 0 radical (unpaired) electrons. The van der Waals surface area contributed by atoms with E-state index in [1.807, 2.05) is 31.2 Å². The highest BCUT2D eigenvalue weighted by atomic mass is 16.5. The second-order valence-electron chi connectivity index (χ2n) is 7.00. The fourth-order valence-electron chi connectivity index (χ4n) is 3.22. The van der Waals surface area contributed by atoms with Crippen LogP contribution in [0.5, 0.6) is 5.75 Å². The molecule has 4 aromatic rings. The van der Waals surface area contributed by atoms with Crippen LogP contribution >= 0.6 is 0 Å². The van der Waals surface area contributed by atoms with E-state index in [0.29, 0.717) is 22.8 Å². The Bertz CT molecular complexity index is 1270. The van der Waals surface area contributed by atoms with Gasteiger partial charge in [-0.25, -0.2) is 4.98 Å². The summed E-state index contributed by atoms with van der Waals surface area (Å²) in [4.78, 5) is 35.8. The van der Waals surface area contributed by atoms with Crippen LogP contribution in [-0.4, -0.2) is 32.6 Å². The standard InChI is InChI=1S/C22H21N5O3/c1-14-5-4-6-17(11-14)26(21(29)16-7-9-18(30-3)10-8-16)13-19-24-22-23-15(2)12-20(28)27(22)25-19/h4-12H,13H2,1-3H3,(H,23,24,25). The SMILES string of the molecule is COc1ccc(C(=O)N(Cc2nc3nc(C)cc(=O)n3[nH]2)c2cccc(C)c2)cc1. The van der Waals surface area contributed by atoms with Crippen LogP contribution in [0.4, 0.5) is 5.69 Å². The minimum absolute atomic E-state index is 0.149. The average Bonchev–Trinajstić information content (AvgIpc) is 3.14. The number of ether oxygens (including phenoxy) is 1. The van der Waals surface area contributed by atoms with Crippen LogP contribution in [0.25, 0.3) is 5.78 Å². The lowest BCUT2D eigenvalue weighted by molar-refractivity contribution is 0.0984. The number of carbonyl (C=O) groups excluding carboxylic acids is 1. The van der Waals surface area contributed by atoms with Crippen LogP contribution < -0.4 is 15.2 Å². The van der Waals surface area contributed by atoms with Gasteiger partial charge in [-0.2, -0.15) is 9.50 Å². The highest BCUT2D eigenvalue weighted by Gasteiger charge is 2.20. The maximum atomic E-state index is 13.4. The number of methoxy groups -OCH3 is 1. The first-order chi connectivity index (χ1) is 14.4. The Morgan fingerprint density at radius 1 is 1.10 bits per heavy atom. The maximum absolute atomic E-state index is 13.4. The first kappa shape index (κ1) is 19.4. The molecule has 4 rings (SSSR count). The lowest BCUT2D eigenvalue weighted by Gasteiger charge is -2.22. The third kappa shape index (κ3) is 3.80. The molecule has 1 amide bonds. The van der Waals surface area contributed by atoms with Crippen LogP contribution in [0.2, 0.25) is 0 Å². The number of anilines is 1. The molecule has 0 saturated carbocycles. The smallest absolute Gasteiger partial charge is 0.274 e. The predicted molar refractivity (Wildman–Crippen MR) is 113 cm³/mol. The van der Waals surface area contributed by atoms with Gasteiger partial charge in [0.15, 0.2) is 0 Å². The summed E-state index contributed by atoms with van der Waals surface area (Å²) in [5.74, 6) is 1.21. The number of benzene rings is 2. The zero-order valence-corrected chi connectivity index (χ0v) is 16.9. The Balaban J connectivity index is 1.74. The molecule has 2 aromatic carbocycles. The van der Waals surface area contributed by atoms with Crippen molar-refractivity contribution >= 4 is 17.4 Å². The summed E-state index contributed by atoms with van der Waals surface area (Å²) in [7, 11) is 1.58. The monoisotopic (exact) mass is 403 g/mol. The lowest BCUT2D eigenvalue weighted by atomic mass is 10.1. The Kier molecular flexibility index (Phi) is 5.05. The number of nitrogens with zero attached hydrogens (tertiary/aromatic N) is 4. The van der Waals surface area contributed by atoms with E-state index in [1.165, 1.54) is 10.6 Å². The van der Waals surface area contributed by atoms with Crippen molar-refractivity contribution in [2.24, 2.45) is 0 Å². The summed E-state index contributed by atoms with van der Waals surface area (Å²) in [6.45, 7) is 3.85. The van der Waals surface area contributed by atoms with E-state index in [-0.39, 0.29) is 23.8 Å². The Hall–Kier alpha value is -3.94. The largest absolute Gasteiger partial charge is 0.497 e. The number of aryl methyl sites for hydroxylation is 2. The molecular weight excluding hydrogens is 382 g/mol. The number of nitrogens with one attached hydrogen (secondary N) is 1. The Morgan fingerprint density at radius 2 is 1.87 bits per heavy atom. The highest BCUT2D eigenvalue weighted by molar-refractivity contribution is 6.06. The molecule has 0 atom stereocenters. The van der Waals surface area contributed by atoms with Crippen molar-refractivity contribution in [3.63, 3.8) is 0 Å². The van der Waals surface area contributed by atoms with Crippen LogP contribution in [0.3, 0.4) is 0 Å². The van der Waals surface area contributed by atoms with E-state index in [9.17, 15) is 9.59 Å². The van der Waals surface area contributed by atoms with Crippen molar-refractivity contribution in [3.8, 4) is 5.75 Å². The Labute approximate surface area is 172 Å². The molecule has 0 aliphatic rings. The minimum Gasteiger partial charge on any atom is -0.497 e. The topological polar surface area (TPSA) is 92.6 Å². The van der Waals surface area contributed by atoms with Gasteiger partial charge in [-0.3, -0.25) is 14.7 Å². The van der Waals surface area contributed by atoms with Gasteiger partial charge in [-0.05, 0) is 55.8 Å². The van der Waals surface area contributed by atoms with Crippen molar-refractivity contribution < 1.29 is 9.53 Å². The molecule has 0 spiro atoms. The number of fused-ring (bicyclic) bond motifs is 1. The predicted octanol–water partition coefficient (Wildman–Crippen LogP) is 2.89. The minimum atomic E-state index is -0.250. The summed E-state index contributed by atoms with van der Waals surface area (Å²) in [6.07, 6.45) is 0. The van der Waals surface area contributed by atoms with E-state index in [2.05, 4.69) is 15.1 Å². The molecule has 0 fully saturated rings. The molecular formula is C22H21N5O3. The third-order valence-corrected chi connectivity index (χ3v) is 4.71. The van der Waals surface area contributed by atoms with Gasteiger partial charge in [0.1, 0.15) is 11.6 Å². The van der Waals surface area contributed by atoms with Crippen molar-refractivity contribution in [1.82, 2.24) is 19.6 Å². The third-order valence-electron chi connectivity index (χ3n) is 4.71. The molecule has 1 N–H and O–H groups in total. The molecule has 0 aliphatic carbocycles. The molecule has 0 unspecified atom stereocenters. The number of H-pyrrole nitrogens is 1. The molecule has 2 aromatic heterocycles. The fourth-order valence-corrected chi connectivity index (χ4v) is 3.22. The summed E-state index contributed by atoms with van der Waals surface area (Å²) in [6, 6.07) is 16.0. The maximum Gasteiger partial charge on any atom is 0.274 e. The van der Waals surface area contributed by atoms with Crippen LogP contribution in [0.1, 0.15) is 27.4 Å². The van der Waals surface area contributed by atoms with Crippen LogP contribution in [-0.2, 0) is 6.54 Å². The summed E-state index contributed by atoms with van der Waals surface area (Å²) in [5, 5.41) is 2.95. The number of rotatable bonds is 5. The number of hydrogen-bond acceptors (Lipinski definition) is 5. The quantitative estimate of drug-likeness (QED) is 0.553. The first-order valence-corrected chi connectivity index (χ1v) is 9.42. The van der Waals surface area contributed by atoms with Crippen LogP contribution in [0.15, 0.2) is 59.4 Å². The molecule has 152 valence electrons. The van der Waals surface area contributed by atoms with E-state index in [1.54, 1.807) is 43.2 Å². The number of amides is 1. The summed E-state index contributed by atoms with van der Waals surface area (Å²) in [5.41, 5.74) is 2.60. The van der Waals surface area contributed by atoms with Crippen molar-refractivity contribution in [1.29, 1.82) is 0 Å². The lowest BCUT2D eigenvalue weighted by Crippen LogP contribution is -2.31. The van der Waals surface area contributed by atoms with Gasteiger partial charge >= 0.3 is 0 Å². The first-order valence-electron chi connectivity index (χ1n) is 9.42. The Morgan fingerprint density at radius 3 is 2.57 bits per heavy atom. The van der Waals surface area contributed by atoms with E-state index < -0.39 is 0 Å². The summed E-state index contributed by atoms with van der Waals surface area (Å²) < 4.78 is 6.45. The van der Waals surface area contributed by atoms with Gasteiger partial charge in [0, 0.05) is 23.0 Å². The van der Waals surface area contributed by atoms with Gasteiger partial charge in [-0.15, -0.1) is 0 Å². The zero-order valence-electron chi connectivity index (χ0n) is 16.9. The van der Waals surface area contributed by atoms with Gasteiger partial charge in [0.25, 0.3) is 17.2 Å². The van der Waals surface area contributed by atoms with Crippen LogP contribution in [0, 0.1) is 13.8 Å². The normalized spacial score (nSPS) is 10.9. The van der Waals surface area contributed by atoms with Gasteiger partial charge < -0.3 is 9.64 Å². The van der Waals surface area contributed by atoms with Crippen molar-refractivity contribution in [2.75, 3.05) is 12.0 Å². The number of carbonyl (C=O) groups is 1. The highest BCUT2D eigenvalue weighted by Crippen LogP contribution is 2.22. The molecule has 8 heteroatoms. The molecule has 0 bridgehead atoms. The number of aromatic amines is 1. The van der Waals surface area contributed by atoms with Crippen molar-refractivity contribution in [3.05, 3.63) is 87.6 Å². The zero-order chi connectivity index (χ0) is 21.3. The van der Waals surface area contributed by atoms with E-state index in [0.717, 1.165) is 11.3 Å². The average molecular weight is 403 g/mol. The molecule has 30 heavy (non-hydrogen) atoms. The van der Waals surface area contributed by atoms with Gasteiger partial charge in [0.2, 0.25) is 0 Å². The number of hydrogen-bond donors (Lipinski definition) is 1. The molecule has 0 saturated heterocycles. The second-order valence-corrected chi connectivity index (χ2v) is 7.00. The second kappa shape index (κ2) is 7.82. The van der Waals surface area contributed by atoms with Crippen molar-refractivity contribution in [2.45, 2.75) is 20.4 Å². The molecule has 8 nitrogen and oxygen atoms in total. The molecule has 0 aliphatic heterocycles. The van der Waals surface area contributed by atoms with E-state index >= 15 is 0 Å². The van der Waals surface area contributed by atoms with E-state index in [4.69, 9.17) is 4.74 Å². The summed E-state index contributed by atoms with van der Waals surface area (Å²) >= 11 is 0. The number of aromatic nitrogens is 4. The fraction of sp³-hybridized carbons (Fsp3) is 0.182.